The molecule has 2 rings (SSSR count). The maximum atomic E-state index is 12.1. The first-order valence-corrected chi connectivity index (χ1v) is 6.58. The summed E-state index contributed by atoms with van der Waals surface area (Å²) in [6.07, 6.45) is 0. The van der Waals surface area contributed by atoms with Crippen molar-refractivity contribution in [3.8, 4) is 11.5 Å². The predicted octanol–water partition coefficient (Wildman–Crippen LogP) is 1.66. The summed E-state index contributed by atoms with van der Waals surface area (Å²) >= 11 is 0. The summed E-state index contributed by atoms with van der Waals surface area (Å²) in [4.78, 5) is 12.1. The zero-order valence-corrected chi connectivity index (χ0v) is 12.1. The van der Waals surface area contributed by atoms with Crippen molar-refractivity contribution in [3.63, 3.8) is 0 Å². The minimum Gasteiger partial charge on any atom is -0.493 e. The molecule has 6 heteroatoms. The van der Waals surface area contributed by atoms with Crippen molar-refractivity contribution in [2.24, 2.45) is 11.5 Å². The number of methoxy groups -OCH3 is 1. The van der Waals surface area contributed by atoms with Crippen molar-refractivity contribution >= 4 is 11.8 Å². The third-order valence-electron chi connectivity index (χ3n) is 3.10. The van der Waals surface area contributed by atoms with Gasteiger partial charge in [0, 0.05) is 12.1 Å². The lowest BCUT2D eigenvalue weighted by atomic mass is 10.1. The van der Waals surface area contributed by atoms with Crippen molar-refractivity contribution < 1.29 is 14.3 Å². The fourth-order valence-corrected chi connectivity index (χ4v) is 1.86. The molecule has 0 radical (unpaired) electrons. The van der Waals surface area contributed by atoms with Crippen LogP contribution in [0.2, 0.25) is 0 Å². The largest absolute Gasteiger partial charge is 0.493 e. The first-order valence-electron chi connectivity index (χ1n) is 6.58. The number of ether oxygens (including phenoxy) is 2. The van der Waals surface area contributed by atoms with Crippen LogP contribution in [-0.4, -0.2) is 18.9 Å². The molecule has 0 atom stereocenters. The van der Waals surface area contributed by atoms with Gasteiger partial charge in [0.05, 0.1) is 12.7 Å². The summed E-state index contributed by atoms with van der Waals surface area (Å²) in [6, 6.07) is 11.5. The van der Waals surface area contributed by atoms with Crippen LogP contribution in [0.4, 0.5) is 0 Å². The van der Waals surface area contributed by atoms with Gasteiger partial charge in [-0.1, -0.05) is 12.1 Å². The molecule has 0 aromatic heterocycles. The van der Waals surface area contributed by atoms with Crippen LogP contribution in [-0.2, 0) is 6.54 Å². The topological polar surface area (TPSA) is 111 Å². The third-order valence-corrected chi connectivity index (χ3v) is 3.10. The molecule has 6 nitrogen and oxygen atoms in total. The van der Waals surface area contributed by atoms with Gasteiger partial charge in [0.15, 0.2) is 11.5 Å². The smallest absolute Gasteiger partial charge is 0.343 e. The number of esters is 1. The van der Waals surface area contributed by atoms with Gasteiger partial charge >= 0.3 is 5.97 Å². The Morgan fingerprint density at radius 3 is 2.27 bits per heavy atom. The van der Waals surface area contributed by atoms with Gasteiger partial charge in [0.2, 0.25) is 0 Å². The number of rotatable bonds is 5. The van der Waals surface area contributed by atoms with Crippen molar-refractivity contribution in [3.05, 3.63) is 59.2 Å². The van der Waals surface area contributed by atoms with Gasteiger partial charge in [-0.2, -0.15) is 0 Å². The predicted molar refractivity (Wildman–Crippen MR) is 83.3 cm³/mol. The van der Waals surface area contributed by atoms with Gasteiger partial charge < -0.3 is 20.9 Å². The van der Waals surface area contributed by atoms with Crippen molar-refractivity contribution in [1.82, 2.24) is 0 Å². The first kappa shape index (κ1) is 15.5. The molecule has 0 saturated carbocycles. The molecule has 0 aliphatic carbocycles. The maximum Gasteiger partial charge on any atom is 0.343 e. The molecule has 0 spiro atoms. The summed E-state index contributed by atoms with van der Waals surface area (Å²) < 4.78 is 10.5. The minimum absolute atomic E-state index is 0.0893. The molecule has 114 valence electrons. The van der Waals surface area contributed by atoms with E-state index in [0.717, 1.165) is 5.56 Å². The van der Waals surface area contributed by atoms with E-state index in [0.29, 0.717) is 23.4 Å². The van der Waals surface area contributed by atoms with Crippen molar-refractivity contribution in [1.29, 1.82) is 5.41 Å². The minimum atomic E-state index is -0.502. The molecule has 0 aliphatic rings. The molecule has 2 aromatic rings. The van der Waals surface area contributed by atoms with Crippen LogP contribution in [0.25, 0.3) is 0 Å². The normalized spacial score (nSPS) is 10.1. The van der Waals surface area contributed by atoms with E-state index in [1.54, 1.807) is 42.5 Å². The van der Waals surface area contributed by atoms with Crippen LogP contribution in [0.3, 0.4) is 0 Å². The number of carbonyl (C=O) groups excluding carboxylic acids is 1. The third kappa shape index (κ3) is 3.42. The van der Waals surface area contributed by atoms with Crippen LogP contribution < -0.4 is 20.9 Å². The van der Waals surface area contributed by atoms with E-state index in [2.05, 4.69) is 0 Å². The number of nitrogen functional groups attached to an aromatic ring is 1. The molecule has 0 heterocycles. The lowest BCUT2D eigenvalue weighted by Gasteiger charge is -2.10. The Morgan fingerprint density at radius 2 is 1.73 bits per heavy atom. The molecule has 0 amide bonds. The van der Waals surface area contributed by atoms with Gasteiger partial charge in [-0.05, 0) is 35.9 Å². The molecular weight excluding hydrogens is 282 g/mol. The lowest BCUT2D eigenvalue weighted by molar-refractivity contribution is 0.0729. The fourth-order valence-electron chi connectivity index (χ4n) is 1.86. The molecule has 0 saturated heterocycles. The standard InChI is InChI=1S/C16H17N3O3/c1-21-14-8-12(15(18)19)6-7-13(14)22-16(20)11-4-2-10(9-17)3-5-11/h2-8H,9,17H2,1H3,(H3,18,19). The van der Waals surface area contributed by atoms with Gasteiger partial charge in [-0.3, -0.25) is 5.41 Å². The molecule has 22 heavy (non-hydrogen) atoms. The highest BCUT2D eigenvalue weighted by atomic mass is 16.6. The number of amidine groups is 1. The number of nitrogens with two attached hydrogens (primary N) is 2. The highest BCUT2D eigenvalue weighted by molar-refractivity contribution is 5.96. The summed E-state index contributed by atoms with van der Waals surface area (Å²) in [6.45, 7) is 0.412. The van der Waals surface area contributed by atoms with E-state index in [1.165, 1.54) is 7.11 Å². The Kier molecular flexibility index (Phi) is 4.75. The monoisotopic (exact) mass is 299 g/mol. The lowest BCUT2D eigenvalue weighted by Crippen LogP contribution is -2.12. The van der Waals surface area contributed by atoms with Gasteiger partial charge in [-0.25, -0.2) is 4.79 Å². The maximum absolute atomic E-state index is 12.1. The average Bonchev–Trinajstić information content (AvgIpc) is 2.55. The van der Waals surface area contributed by atoms with Gasteiger partial charge in [0.1, 0.15) is 5.84 Å². The summed E-state index contributed by atoms with van der Waals surface area (Å²) in [5, 5.41) is 7.40. The van der Waals surface area contributed by atoms with E-state index in [4.69, 9.17) is 26.4 Å². The van der Waals surface area contributed by atoms with E-state index < -0.39 is 5.97 Å². The van der Waals surface area contributed by atoms with E-state index in [-0.39, 0.29) is 11.6 Å². The second-order valence-electron chi connectivity index (χ2n) is 4.57. The summed E-state index contributed by atoms with van der Waals surface area (Å²) in [7, 11) is 1.45. The Balaban J connectivity index is 2.21. The van der Waals surface area contributed by atoms with E-state index >= 15 is 0 Å². The highest BCUT2D eigenvalue weighted by Crippen LogP contribution is 2.28. The second-order valence-corrected chi connectivity index (χ2v) is 4.57. The van der Waals surface area contributed by atoms with Crippen LogP contribution in [0, 0.1) is 5.41 Å². The first-order chi connectivity index (χ1) is 10.5. The fraction of sp³-hybridized carbons (Fsp3) is 0.125. The van der Waals surface area contributed by atoms with Crippen LogP contribution in [0.1, 0.15) is 21.5 Å². The van der Waals surface area contributed by atoms with Crippen LogP contribution in [0.15, 0.2) is 42.5 Å². The molecule has 0 aliphatic heterocycles. The highest BCUT2D eigenvalue weighted by Gasteiger charge is 2.13. The van der Waals surface area contributed by atoms with E-state index in [9.17, 15) is 4.79 Å². The Bertz CT molecular complexity index is 696. The van der Waals surface area contributed by atoms with Gasteiger partial charge in [0.25, 0.3) is 0 Å². The Morgan fingerprint density at radius 1 is 1.09 bits per heavy atom. The van der Waals surface area contributed by atoms with E-state index in [1.807, 2.05) is 0 Å². The Labute approximate surface area is 128 Å². The van der Waals surface area contributed by atoms with Crippen LogP contribution >= 0.6 is 0 Å². The molecule has 5 N–H and O–H groups in total. The number of hydrogen-bond acceptors (Lipinski definition) is 5. The number of benzene rings is 2. The zero-order valence-electron chi connectivity index (χ0n) is 12.1. The molecule has 0 fully saturated rings. The summed E-state index contributed by atoms with van der Waals surface area (Å²) in [5.74, 6) is 0.00558. The second kappa shape index (κ2) is 6.73. The summed E-state index contributed by atoms with van der Waals surface area (Å²) in [5.41, 5.74) is 12.8. The molecule has 0 bridgehead atoms. The van der Waals surface area contributed by atoms with Crippen LogP contribution in [0.5, 0.6) is 11.5 Å². The average molecular weight is 299 g/mol. The number of hydrogen-bond donors (Lipinski definition) is 3. The number of carbonyl (C=O) groups is 1. The quantitative estimate of drug-likeness (QED) is 0.336. The molecule has 2 aromatic carbocycles. The van der Waals surface area contributed by atoms with Gasteiger partial charge in [-0.15, -0.1) is 0 Å². The molecular formula is C16H17N3O3. The Hall–Kier alpha value is -2.86. The van der Waals surface area contributed by atoms with Crippen molar-refractivity contribution in [2.45, 2.75) is 6.54 Å². The molecule has 0 unspecified atom stereocenters. The number of nitrogens with one attached hydrogen (secondary N) is 1. The zero-order chi connectivity index (χ0) is 16.1. The SMILES string of the molecule is COc1cc(C(=N)N)ccc1OC(=O)c1ccc(CN)cc1. The van der Waals surface area contributed by atoms with Crippen molar-refractivity contribution in [2.75, 3.05) is 7.11 Å².